The van der Waals surface area contributed by atoms with Gasteiger partial charge < -0.3 is 4.90 Å². The monoisotopic (exact) mass is 460 g/mol. The van der Waals surface area contributed by atoms with Gasteiger partial charge in [-0.25, -0.2) is 14.6 Å². The lowest BCUT2D eigenvalue weighted by atomic mass is 9.96. The summed E-state index contributed by atoms with van der Waals surface area (Å²) in [6.45, 7) is 5.79. The van der Waals surface area contributed by atoms with E-state index >= 15 is 0 Å². The average molecular weight is 461 g/mol. The highest BCUT2D eigenvalue weighted by molar-refractivity contribution is 5.87. The van der Waals surface area contributed by atoms with Gasteiger partial charge in [0, 0.05) is 26.2 Å². The van der Waals surface area contributed by atoms with Gasteiger partial charge in [0.25, 0.3) is 0 Å². The quantitative estimate of drug-likeness (QED) is 0.368. The third-order valence-electron chi connectivity index (χ3n) is 6.83. The van der Waals surface area contributed by atoms with Crippen molar-refractivity contribution in [2.45, 2.75) is 13.0 Å². The number of hydrogen-bond donors (Lipinski definition) is 0. The van der Waals surface area contributed by atoms with Crippen LogP contribution >= 0.6 is 0 Å². The maximum absolute atomic E-state index is 4.68. The molecule has 0 unspecified atom stereocenters. The van der Waals surface area contributed by atoms with Gasteiger partial charge in [0.2, 0.25) is 0 Å². The molecule has 0 N–H and O–H groups in total. The molecule has 2 aromatic heterocycles. The van der Waals surface area contributed by atoms with Crippen LogP contribution in [0, 0.1) is 6.92 Å². The Kier molecular flexibility index (Phi) is 5.72. The van der Waals surface area contributed by atoms with E-state index in [1.54, 1.807) is 6.33 Å². The van der Waals surface area contributed by atoms with Crippen molar-refractivity contribution in [3.05, 3.63) is 114 Å². The zero-order valence-corrected chi connectivity index (χ0v) is 19.8. The standard InChI is InChI=1S/C29H28N6/c1-22-12-14-25(15-13-22)35-29-26(20-32-35)28(30-21-31-29)34-18-16-33(17-19-34)27(23-8-4-2-5-9-23)24-10-6-3-7-11-24/h2-15,20-21,27H,16-19H2,1H3. The molecular formula is C29H28N6. The molecule has 5 aromatic rings. The van der Waals surface area contributed by atoms with Crippen LogP contribution in [-0.2, 0) is 0 Å². The number of piperazine rings is 1. The van der Waals surface area contributed by atoms with Gasteiger partial charge in [-0.15, -0.1) is 0 Å². The number of anilines is 1. The third kappa shape index (κ3) is 4.17. The predicted molar refractivity (Wildman–Crippen MR) is 140 cm³/mol. The van der Waals surface area contributed by atoms with E-state index < -0.39 is 0 Å². The van der Waals surface area contributed by atoms with E-state index in [9.17, 15) is 0 Å². The largest absolute Gasteiger partial charge is 0.353 e. The van der Waals surface area contributed by atoms with Crippen molar-refractivity contribution in [2.75, 3.05) is 31.1 Å². The third-order valence-corrected chi connectivity index (χ3v) is 6.83. The Labute approximate surface area is 205 Å². The first-order valence-electron chi connectivity index (χ1n) is 12.1. The molecule has 3 heterocycles. The molecule has 3 aromatic carbocycles. The van der Waals surface area contributed by atoms with Crippen molar-refractivity contribution < 1.29 is 0 Å². The summed E-state index contributed by atoms with van der Waals surface area (Å²) in [6, 6.07) is 30.2. The highest BCUT2D eigenvalue weighted by atomic mass is 15.3. The fourth-order valence-electron chi connectivity index (χ4n) is 5.04. The zero-order valence-electron chi connectivity index (χ0n) is 19.8. The topological polar surface area (TPSA) is 50.1 Å². The molecule has 0 saturated carbocycles. The van der Waals surface area contributed by atoms with Gasteiger partial charge in [-0.2, -0.15) is 5.10 Å². The Balaban J connectivity index is 1.26. The smallest absolute Gasteiger partial charge is 0.168 e. The van der Waals surface area contributed by atoms with Crippen molar-refractivity contribution in [3.8, 4) is 5.69 Å². The van der Waals surface area contributed by atoms with E-state index in [1.165, 1.54) is 16.7 Å². The fourth-order valence-corrected chi connectivity index (χ4v) is 5.04. The molecule has 0 atom stereocenters. The zero-order chi connectivity index (χ0) is 23.6. The van der Waals surface area contributed by atoms with Gasteiger partial charge in [-0.3, -0.25) is 4.90 Å². The molecular weight excluding hydrogens is 432 g/mol. The van der Waals surface area contributed by atoms with Crippen molar-refractivity contribution >= 4 is 16.9 Å². The van der Waals surface area contributed by atoms with Crippen LogP contribution in [0.3, 0.4) is 0 Å². The van der Waals surface area contributed by atoms with Gasteiger partial charge in [-0.05, 0) is 30.2 Å². The number of rotatable bonds is 5. The lowest BCUT2D eigenvalue weighted by Gasteiger charge is -2.40. The van der Waals surface area contributed by atoms with E-state index in [-0.39, 0.29) is 6.04 Å². The van der Waals surface area contributed by atoms with E-state index in [1.807, 2.05) is 10.9 Å². The molecule has 0 aliphatic carbocycles. The lowest BCUT2D eigenvalue weighted by Crippen LogP contribution is -2.48. The van der Waals surface area contributed by atoms with Crippen LogP contribution < -0.4 is 4.90 Å². The maximum atomic E-state index is 4.68. The predicted octanol–water partition coefficient (Wildman–Crippen LogP) is 5.04. The summed E-state index contributed by atoms with van der Waals surface area (Å²) in [5, 5.41) is 5.64. The van der Waals surface area contributed by atoms with Gasteiger partial charge >= 0.3 is 0 Å². The highest BCUT2D eigenvalue weighted by Gasteiger charge is 2.28. The summed E-state index contributed by atoms with van der Waals surface area (Å²) in [7, 11) is 0. The van der Waals surface area contributed by atoms with Crippen LogP contribution in [0.15, 0.2) is 97.5 Å². The van der Waals surface area contributed by atoms with E-state index in [0.717, 1.165) is 48.7 Å². The molecule has 0 bridgehead atoms. The molecule has 6 heteroatoms. The number of nitrogens with zero attached hydrogens (tertiary/aromatic N) is 6. The van der Waals surface area contributed by atoms with E-state index in [4.69, 9.17) is 0 Å². The molecule has 0 radical (unpaired) electrons. The molecule has 35 heavy (non-hydrogen) atoms. The van der Waals surface area contributed by atoms with Gasteiger partial charge in [-0.1, -0.05) is 78.4 Å². The SMILES string of the molecule is Cc1ccc(-n2ncc3c(N4CCN(C(c5ccccc5)c5ccccc5)CC4)ncnc32)cc1. The van der Waals surface area contributed by atoms with E-state index in [2.05, 4.69) is 117 Å². The first-order chi connectivity index (χ1) is 17.3. The van der Waals surface area contributed by atoms with Crippen LogP contribution in [0.5, 0.6) is 0 Å². The molecule has 0 spiro atoms. The first kappa shape index (κ1) is 21.5. The van der Waals surface area contributed by atoms with Gasteiger partial charge in [0.15, 0.2) is 5.65 Å². The van der Waals surface area contributed by atoms with Crippen LogP contribution in [0.1, 0.15) is 22.7 Å². The molecule has 6 rings (SSSR count). The highest BCUT2D eigenvalue weighted by Crippen LogP contribution is 2.31. The minimum Gasteiger partial charge on any atom is -0.353 e. The van der Waals surface area contributed by atoms with Crippen LogP contribution in [0.2, 0.25) is 0 Å². The van der Waals surface area contributed by atoms with Crippen molar-refractivity contribution in [1.29, 1.82) is 0 Å². The van der Waals surface area contributed by atoms with Crippen LogP contribution in [-0.4, -0.2) is 50.8 Å². The van der Waals surface area contributed by atoms with Crippen molar-refractivity contribution in [1.82, 2.24) is 24.6 Å². The normalized spacial score (nSPS) is 14.6. The second-order valence-electron chi connectivity index (χ2n) is 9.07. The minimum atomic E-state index is 0.245. The average Bonchev–Trinajstić information content (AvgIpc) is 3.35. The first-order valence-corrected chi connectivity index (χ1v) is 12.1. The van der Waals surface area contributed by atoms with Crippen LogP contribution in [0.4, 0.5) is 5.82 Å². The summed E-state index contributed by atoms with van der Waals surface area (Å²) in [5.41, 5.74) is 5.73. The maximum Gasteiger partial charge on any atom is 0.168 e. The molecule has 6 nitrogen and oxygen atoms in total. The number of aromatic nitrogens is 4. The molecule has 1 aliphatic heterocycles. The molecule has 1 saturated heterocycles. The van der Waals surface area contributed by atoms with Gasteiger partial charge in [0.05, 0.1) is 23.3 Å². The molecule has 174 valence electrons. The summed E-state index contributed by atoms with van der Waals surface area (Å²) < 4.78 is 1.90. The Morgan fingerprint density at radius 1 is 0.714 bits per heavy atom. The second-order valence-corrected chi connectivity index (χ2v) is 9.07. The summed E-state index contributed by atoms with van der Waals surface area (Å²) in [5.74, 6) is 0.962. The van der Waals surface area contributed by atoms with Crippen LogP contribution in [0.25, 0.3) is 16.7 Å². The number of fused-ring (bicyclic) bond motifs is 1. The Hall–Kier alpha value is -4.03. The Morgan fingerprint density at radius 3 is 1.97 bits per heavy atom. The van der Waals surface area contributed by atoms with Crippen molar-refractivity contribution in [2.24, 2.45) is 0 Å². The molecule has 1 aliphatic rings. The Morgan fingerprint density at radius 2 is 1.34 bits per heavy atom. The van der Waals surface area contributed by atoms with Crippen molar-refractivity contribution in [3.63, 3.8) is 0 Å². The number of benzene rings is 3. The number of aryl methyl sites for hydroxylation is 1. The summed E-state index contributed by atoms with van der Waals surface area (Å²) in [4.78, 5) is 14.2. The molecule has 0 amide bonds. The summed E-state index contributed by atoms with van der Waals surface area (Å²) in [6.07, 6.45) is 3.56. The fraction of sp³-hybridized carbons (Fsp3) is 0.207. The minimum absolute atomic E-state index is 0.245. The number of hydrogen-bond acceptors (Lipinski definition) is 5. The van der Waals surface area contributed by atoms with Gasteiger partial charge in [0.1, 0.15) is 12.1 Å². The van der Waals surface area contributed by atoms with E-state index in [0.29, 0.717) is 0 Å². The second kappa shape index (κ2) is 9.31. The lowest BCUT2D eigenvalue weighted by molar-refractivity contribution is 0.212. The Bertz CT molecular complexity index is 1370. The summed E-state index contributed by atoms with van der Waals surface area (Å²) >= 11 is 0. The molecule has 1 fully saturated rings.